The van der Waals surface area contributed by atoms with Gasteiger partial charge >= 0.3 is 0 Å². The van der Waals surface area contributed by atoms with E-state index in [1.165, 1.54) is 22.4 Å². The van der Waals surface area contributed by atoms with E-state index in [1.807, 2.05) is 6.92 Å². The van der Waals surface area contributed by atoms with E-state index >= 15 is 0 Å². The third-order valence-electron chi connectivity index (χ3n) is 2.77. The van der Waals surface area contributed by atoms with Crippen molar-refractivity contribution in [3.63, 3.8) is 0 Å². The minimum absolute atomic E-state index is 0.0943. The van der Waals surface area contributed by atoms with E-state index in [-0.39, 0.29) is 16.7 Å². The molecule has 0 aliphatic carbocycles. The number of rotatable bonds is 7. The van der Waals surface area contributed by atoms with Gasteiger partial charge < -0.3 is 10.1 Å². The lowest BCUT2D eigenvalue weighted by Gasteiger charge is -2.13. The average Bonchev–Trinajstić information content (AvgIpc) is 2.43. The molecule has 7 heteroatoms. The number of hydrogen-bond acceptors (Lipinski definition) is 5. The van der Waals surface area contributed by atoms with Gasteiger partial charge in [-0.1, -0.05) is 18.7 Å². The Bertz CT molecular complexity index is 516. The van der Waals surface area contributed by atoms with Gasteiger partial charge in [0.1, 0.15) is 0 Å². The highest BCUT2D eigenvalue weighted by molar-refractivity contribution is 8.00. The summed E-state index contributed by atoms with van der Waals surface area (Å²) in [6.45, 7) is 4.68. The molecule has 1 unspecified atom stereocenters. The molecule has 0 fully saturated rings. The Morgan fingerprint density at radius 3 is 2.90 bits per heavy atom. The summed E-state index contributed by atoms with van der Waals surface area (Å²) in [5, 5.41) is 3.00. The molecule has 20 heavy (non-hydrogen) atoms. The SMILES string of the molecule is CCc1cc(=O)n(C)c(SC(C)C(=O)NCCOC)n1. The van der Waals surface area contributed by atoms with Crippen molar-refractivity contribution in [2.75, 3.05) is 20.3 Å². The van der Waals surface area contributed by atoms with Crippen LogP contribution in [0, 0.1) is 0 Å². The second kappa shape index (κ2) is 8.06. The van der Waals surface area contributed by atoms with Crippen LogP contribution >= 0.6 is 11.8 Å². The molecule has 0 saturated heterocycles. The van der Waals surface area contributed by atoms with Crippen LogP contribution < -0.4 is 10.9 Å². The van der Waals surface area contributed by atoms with Crippen LogP contribution in [0.15, 0.2) is 16.0 Å². The number of carbonyl (C=O) groups excluding carboxylic acids is 1. The maximum Gasteiger partial charge on any atom is 0.254 e. The second-order valence-electron chi connectivity index (χ2n) is 4.32. The summed E-state index contributed by atoms with van der Waals surface area (Å²) in [5.74, 6) is -0.0943. The van der Waals surface area contributed by atoms with Gasteiger partial charge in [-0.2, -0.15) is 0 Å². The van der Waals surface area contributed by atoms with Gasteiger partial charge in [0.05, 0.1) is 11.9 Å². The molecule has 1 rings (SSSR count). The van der Waals surface area contributed by atoms with Crippen LogP contribution in [-0.2, 0) is 23.0 Å². The summed E-state index contributed by atoms with van der Waals surface area (Å²) in [7, 11) is 3.24. The predicted octanol–water partition coefficient (Wildman–Crippen LogP) is 0.586. The molecule has 0 bridgehead atoms. The highest BCUT2D eigenvalue weighted by atomic mass is 32.2. The standard InChI is InChI=1S/C13H21N3O3S/c1-5-10-8-11(17)16(3)13(15-10)20-9(2)12(18)14-6-7-19-4/h8-9H,5-7H2,1-4H3,(H,14,18). The van der Waals surface area contributed by atoms with Gasteiger partial charge in [0, 0.05) is 32.5 Å². The predicted molar refractivity (Wildman–Crippen MR) is 79.1 cm³/mol. The maximum atomic E-state index is 11.9. The highest BCUT2D eigenvalue weighted by Gasteiger charge is 2.17. The Labute approximate surface area is 122 Å². The van der Waals surface area contributed by atoms with Crippen LogP contribution in [0.5, 0.6) is 0 Å². The van der Waals surface area contributed by atoms with Crippen molar-refractivity contribution in [1.82, 2.24) is 14.9 Å². The summed E-state index contributed by atoms with van der Waals surface area (Å²) >= 11 is 1.28. The molecule has 1 aromatic rings. The lowest BCUT2D eigenvalue weighted by atomic mass is 10.3. The van der Waals surface area contributed by atoms with E-state index in [9.17, 15) is 9.59 Å². The van der Waals surface area contributed by atoms with Crippen molar-refractivity contribution in [3.05, 3.63) is 22.1 Å². The van der Waals surface area contributed by atoms with Gasteiger partial charge in [0.2, 0.25) is 5.91 Å². The summed E-state index contributed by atoms with van der Waals surface area (Å²) < 4.78 is 6.34. The fourth-order valence-electron chi connectivity index (χ4n) is 1.48. The zero-order chi connectivity index (χ0) is 15.1. The molecule has 0 aliphatic rings. The number of ether oxygens (including phenoxy) is 1. The second-order valence-corrected chi connectivity index (χ2v) is 5.63. The molecule has 1 aromatic heterocycles. The van der Waals surface area contributed by atoms with Crippen molar-refractivity contribution in [2.24, 2.45) is 7.05 Å². The number of hydrogen-bond donors (Lipinski definition) is 1. The van der Waals surface area contributed by atoms with Crippen molar-refractivity contribution >= 4 is 17.7 Å². The van der Waals surface area contributed by atoms with Crippen molar-refractivity contribution in [1.29, 1.82) is 0 Å². The summed E-state index contributed by atoms with van der Waals surface area (Å²) in [5.41, 5.74) is 0.633. The van der Waals surface area contributed by atoms with Gasteiger partial charge in [0.25, 0.3) is 5.56 Å². The maximum absolute atomic E-state index is 11.9. The first-order chi connectivity index (χ1) is 9.49. The van der Waals surface area contributed by atoms with Gasteiger partial charge in [-0.05, 0) is 13.3 Å². The largest absolute Gasteiger partial charge is 0.383 e. The minimum atomic E-state index is -0.322. The Morgan fingerprint density at radius 1 is 1.60 bits per heavy atom. The lowest BCUT2D eigenvalue weighted by Crippen LogP contribution is -2.34. The van der Waals surface area contributed by atoms with Crippen LogP contribution in [0.3, 0.4) is 0 Å². The summed E-state index contributed by atoms with van der Waals surface area (Å²) in [6, 6.07) is 1.52. The molecule has 0 spiro atoms. The van der Waals surface area contributed by atoms with Crippen LogP contribution in [0.1, 0.15) is 19.5 Å². The van der Waals surface area contributed by atoms with Gasteiger partial charge in [0.15, 0.2) is 5.16 Å². The number of carbonyl (C=O) groups is 1. The normalized spacial score (nSPS) is 12.2. The van der Waals surface area contributed by atoms with Crippen LogP contribution in [-0.4, -0.2) is 41.0 Å². The molecule has 0 aromatic carbocycles. The number of methoxy groups -OCH3 is 1. The first-order valence-electron chi connectivity index (χ1n) is 6.49. The van der Waals surface area contributed by atoms with Crippen molar-refractivity contribution < 1.29 is 9.53 Å². The Morgan fingerprint density at radius 2 is 2.30 bits per heavy atom. The quantitative estimate of drug-likeness (QED) is 0.453. The van der Waals surface area contributed by atoms with Crippen LogP contribution in [0.4, 0.5) is 0 Å². The molecule has 1 amide bonds. The minimum Gasteiger partial charge on any atom is -0.383 e. The fourth-order valence-corrected chi connectivity index (χ4v) is 2.41. The molecular formula is C13H21N3O3S. The first kappa shape index (κ1) is 16.7. The topological polar surface area (TPSA) is 73.2 Å². The molecule has 1 N–H and O–H groups in total. The number of nitrogens with zero attached hydrogens (tertiary/aromatic N) is 2. The van der Waals surface area contributed by atoms with Crippen molar-refractivity contribution in [3.8, 4) is 0 Å². The summed E-state index contributed by atoms with van der Waals surface area (Å²) in [6.07, 6.45) is 0.693. The zero-order valence-corrected chi connectivity index (χ0v) is 13.1. The van der Waals surface area contributed by atoms with E-state index in [0.717, 1.165) is 5.69 Å². The smallest absolute Gasteiger partial charge is 0.254 e. The number of aromatic nitrogens is 2. The highest BCUT2D eigenvalue weighted by Crippen LogP contribution is 2.20. The van der Waals surface area contributed by atoms with Crippen molar-refractivity contribution in [2.45, 2.75) is 30.7 Å². The van der Waals surface area contributed by atoms with Gasteiger partial charge in [-0.3, -0.25) is 14.2 Å². The van der Waals surface area contributed by atoms with Gasteiger partial charge in [-0.25, -0.2) is 4.98 Å². The number of amides is 1. The van der Waals surface area contributed by atoms with Gasteiger partial charge in [-0.15, -0.1) is 0 Å². The molecule has 0 aliphatic heterocycles. The van der Waals surface area contributed by atoms with Crippen LogP contribution in [0.25, 0.3) is 0 Å². The van der Waals surface area contributed by atoms with E-state index in [2.05, 4.69) is 10.3 Å². The molecule has 1 atom stereocenters. The van der Waals surface area contributed by atoms with E-state index < -0.39 is 0 Å². The summed E-state index contributed by atoms with van der Waals surface area (Å²) in [4.78, 5) is 28.0. The van der Waals surface area contributed by atoms with E-state index in [1.54, 1.807) is 21.1 Å². The zero-order valence-electron chi connectivity index (χ0n) is 12.3. The molecule has 0 saturated carbocycles. The van der Waals surface area contributed by atoms with Crippen LogP contribution in [0.2, 0.25) is 0 Å². The monoisotopic (exact) mass is 299 g/mol. The lowest BCUT2D eigenvalue weighted by molar-refractivity contribution is -0.120. The average molecular weight is 299 g/mol. The molecular weight excluding hydrogens is 278 g/mol. The third kappa shape index (κ3) is 4.64. The molecule has 6 nitrogen and oxygen atoms in total. The molecule has 112 valence electrons. The third-order valence-corrected chi connectivity index (χ3v) is 3.91. The first-order valence-corrected chi connectivity index (χ1v) is 7.37. The molecule has 1 heterocycles. The Kier molecular flexibility index (Phi) is 6.74. The Hall–Kier alpha value is -1.34. The fraction of sp³-hybridized carbons (Fsp3) is 0.615. The number of aryl methyl sites for hydroxylation is 1. The van der Waals surface area contributed by atoms with E-state index in [0.29, 0.717) is 24.7 Å². The Balaban J connectivity index is 2.74. The number of thioether (sulfide) groups is 1. The number of nitrogens with one attached hydrogen (secondary N) is 1. The molecule has 0 radical (unpaired) electrons. The van der Waals surface area contributed by atoms with E-state index in [4.69, 9.17) is 4.74 Å².